The van der Waals surface area contributed by atoms with Gasteiger partial charge in [-0.15, -0.1) is 0 Å². The average molecular weight is 382 g/mol. The van der Waals surface area contributed by atoms with Gasteiger partial charge in [0.25, 0.3) is 5.69 Å². The van der Waals surface area contributed by atoms with Crippen LogP contribution in [-0.4, -0.2) is 22.5 Å². The van der Waals surface area contributed by atoms with Crippen molar-refractivity contribution in [2.24, 2.45) is 10.8 Å². The Morgan fingerprint density at radius 2 is 2.00 bits per heavy atom. The first-order chi connectivity index (χ1) is 12.0. The molecule has 0 spiro atoms. The van der Waals surface area contributed by atoms with Crippen LogP contribution in [0.25, 0.3) is 0 Å². The number of nitro groups is 1. The second kappa shape index (κ2) is 5.67. The summed E-state index contributed by atoms with van der Waals surface area (Å²) in [7, 11) is 0. The normalized spacial score (nSPS) is 30.0. The van der Waals surface area contributed by atoms with Gasteiger partial charge in [-0.25, -0.2) is 4.79 Å². The number of nitro benzene ring substituents is 1. The lowest BCUT2D eigenvalue weighted by molar-refractivity contribution is -0.386. The highest BCUT2D eigenvalue weighted by atomic mass is 35.5. The summed E-state index contributed by atoms with van der Waals surface area (Å²) in [5, 5.41) is 11.5. The van der Waals surface area contributed by atoms with E-state index in [-0.39, 0.29) is 16.3 Å². The maximum absolute atomic E-state index is 13.0. The summed E-state index contributed by atoms with van der Waals surface area (Å²) in [5.41, 5.74) is -2.85. The first-order valence-electron chi connectivity index (χ1n) is 8.35. The summed E-state index contributed by atoms with van der Waals surface area (Å²) in [6.45, 7) is 6.98. The molecule has 3 atom stereocenters. The fourth-order valence-electron chi connectivity index (χ4n) is 4.04. The Morgan fingerprint density at radius 3 is 2.50 bits per heavy atom. The van der Waals surface area contributed by atoms with Crippen molar-refractivity contribution < 1.29 is 24.0 Å². The highest BCUT2D eigenvalue weighted by Crippen LogP contribution is 2.66. The minimum atomic E-state index is -1.37. The highest BCUT2D eigenvalue weighted by Gasteiger charge is 2.76. The number of esters is 2. The Labute approximate surface area is 155 Å². The molecule has 1 aliphatic heterocycles. The summed E-state index contributed by atoms with van der Waals surface area (Å²) in [4.78, 5) is 35.9. The van der Waals surface area contributed by atoms with Crippen molar-refractivity contribution in [3.05, 3.63) is 38.9 Å². The van der Waals surface area contributed by atoms with Gasteiger partial charge in [0.1, 0.15) is 6.10 Å². The molecule has 1 saturated carbocycles. The van der Waals surface area contributed by atoms with Crippen molar-refractivity contribution in [1.29, 1.82) is 0 Å². The van der Waals surface area contributed by atoms with Crippen molar-refractivity contribution in [2.45, 2.75) is 52.2 Å². The van der Waals surface area contributed by atoms with Crippen molar-refractivity contribution in [2.75, 3.05) is 0 Å². The summed E-state index contributed by atoms with van der Waals surface area (Å²) in [5.74, 6) is -1.08. The molecule has 1 aromatic rings. The van der Waals surface area contributed by atoms with Crippen LogP contribution in [0.5, 0.6) is 0 Å². The molecule has 1 aromatic carbocycles. The zero-order valence-electron chi connectivity index (χ0n) is 15.0. The van der Waals surface area contributed by atoms with Crippen molar-refractivity contribution >= 4 is 29.2 Å². The number of carbonyl (C=O) groups excluding carboxylic acids is 2. The molecule has 26 heavy (non-hydrogen) atoms. The number of rotatable bonds is 4. The SMILES string of the molecule is C[C@@H](OC(=O)[C@@]12CCC(C)(C(=O)O1)C2(C)C)c1ccc(Cl)cc1[N+](=O)[O-]. The number of nitrogens with zero attached hydrogens (tertiary/aromatic N) is 1. The van der Waals surface area contributed by atoms with Crippen LogP contribution in [0.3, 0.4) is 0 Å². The maximum Gasteiger partial charge on any atom is 0.351 e. The molecule has 0 amide bonds. The molecule has 0 N–H and O–H groups in total. The van der Waals surface area contributed by atoms with Gasteiger partial charge in [0.05, 0.1) is 15.9 Å². The highest BCUT2D eigenvalue weighted by molar-refractivity contribution is 6.30. The molecule has 1 heterocycles. The largest absolute Gasteiger partial charge is 0.455 e. The van der Waals surface area contributed by atoms with Crippen molar-refractivity contribution in [3.8, 4) is 0 Å². The zero-order valence-corrected chi connectivity index (χ0v) is 15.8. The fraction of sp³-hybridized carbons (Fsp3) is 0.556. The van der Waals surface area contributed by atoms with Gasteiger partial charge in [-0.2, -0.15) is 0 Å². The molecule has 0 radical (unpaired) electrons. The van der Waals surface area contributed by atoms with Crippen LogP contribution in [0.2, 0.25) is 5.02 Å². The Morgan fingerprint density at radius 1 is 1.35 bits per heavy atom. The number of halogens is 1. The lowest BCUT2D eigenvalue weighted by atomic mass is 9.66. The fourth-order valence-corrected chi connectivity index (χ4v) is 4.21. The number of hydrogen-bond donors (Lipinski definition) is 0. The van der Waals surface area contributed by atoms with E-state index in [0.717, 1.165) is 0 Å². The topological polar surface area (TPSA) is 95.7 Å². The van der Waals surface area contributed by atoms with Crippen LogP contribution >= 0.6 is 11.6 Å². The van der Waals surface area contributed by atoms with Crippen LogP contribution in [-0.2, 0) is 19.1 Å². The molecule has 8 heteroatoms. The Hall–Kier alpha value is -2.15. The molecular formula is C18H20ClNO6. The van der Waals surface area contributed by atoms with Crippen molar-refractivity contribution in [1.82, 2.24) is 0 Å². The third-order valence-corrected chi connectivity index (χ3v) is 6.56. The summed E-state index contributed by atoms with van der Waals surface area (Å²) < 4.78 is 11.0. The van der Waals surface area contributed by atoms with Gasteiger partial charge in [0.15, 0.2) is 0 Å². The number of benzene rings is 1. The Balaban J connectivity index is 1.90. The standard InChI is InChI=1S/C18H20ClNO6/c1-10(12-6-5-11(19)9-13(12)20(23)24)25-15(22)18-8-7-17(4,14(21)26-18)16(18,2)3/h5-6,9-10H,7-8H2,1-4H3/t10-,17?,18-/m1/s1. The number of carbonyl (C=O) groups is 2. The van der Waals surface area contributed by atoms with Gasteiger partial charge >= 0.3 is 11.9 Å². The monoisotopic (exact) mass is 381 g/mol. The molecule has 0 aromatic heterocycles. The molecule has 1 aliphatic carbocycles. The maximum atomic E-state index is 13.0. The van der Waals surface area contributed by atoms with Crippen LogP contribution in [0.15, 0.2) is 18.2 Å². The van der Waals surface area contributed by atoms with Crippen LogP contribution in [0.1, 0.15) is 52.2 Å². The summed E-state index contributed by atoms with van der Waals surface area (Å²) in [6, 6.07) is 4.17. The van der Waals surface area contributed by atoms with Gasteiger partial charge in [-0.1, -0.05) is 25.4 Å². The predicted molar refractivity (Wildman–Crippen MR) is 92.6 cm³/mol. The number of hydrogen-bond acceptors (Lipinski definition) is 6. The van der Waals surface area contributed by atoms with Crippen molar-refractivity contribution in [3.63, 3.8) is 0 Å². The van der Waals surface area contributed by atoms with E-state index in [9.17, 15) is 19.7 Å². The average Bonchev–Trinajstić information content (AvgIpc) is 2.84. The predicted octanol–water partition coefficient (Wildman–Crippen LogP) is 3.97. The lowest BCUT2D eigenvalue weighted by Gasteiger charge is -2.35. The Bertz CT molecular complexity index is 822. The van der Waals surface area contributed by atoms with E-state index in [1.165, 1.54) is 18.2 Å². The molecule has 7 nitrogen and oxygen atoms in total. The van der Waals surface area contributed by atoms with Gasteiger partial charge in [0, 0.05) is 16.5 Å². The van der Waals surface area contributed by atoms with Crippen LogP contribution in [0, 0.1) is 20.9 Å². The van der Waals surface area contributed by atoms with E-state index in [1.807, 2.05) is 13.8 Å². The van der Waals surface area contributed by atoms with Gasteiger partial charge < -0.3 is 9.47 Å². The third-order valence-electron chi connectivity index (χ3n) is 6.32. The van der Waals surface area contributed by atoms with Gasteiger partial charge in [-0.3, -0.25) is 14.9 Å². The van der Waals surface area contributed by atoms with Crippen LogP contribution in [0.4, 0.5) is 5.69 Å². The van der Waals surface area contributed by atoms with E-state index >= 15 is 0 Å². The smallest absolute Gasteiger partial charge is 0.351 e. The molecule has 1 unspecified atom stereocenters. The van der Waals surface area contributed by atoms with Gasteiger partial charge in [-0.05, 0) is 38.8 Å². The Kier molecular flexibility index (Phi) is 4.07. The van der Waals surface area contributed by atoms with E-state index in [4.69, 9.17) is 21.1 Å². The second-order valence-electron chi connectivity index (χ2n) is 7.68. The summed E-state index contributed by atoms with van der Waals surface area (Å²) >= 11 is 5.82. The molecule has 2 fully saturated rings. The van der Waals surface area contributed by atoms with E-state index in [2.05, 4.69) is 0 Å². The molecular weight excluding hydrogens is 362 g/mol. The molecule has 1 saturated heterocycles. The summed E-state index contributed by atoms with van der Waals surface area (Å²) in [6.07, 6.45) is 0.0106. The lowest BCUT2D eigenvalue weighted by Crippen LogP contribution is -2.49. The van der Waals surface area contributed by atoms with Crippen LogP contribution < -0.4 is 0 Å². The minimum absolute atomic E-state index is 0.218. The second-order valence-corrected chi connectivity index (χ2v) is 8.12. The zero-order chi connectivity index (χ0) is 19.5. The molecule has 3 rings (SSSR count). The quantitative estimate of drug-likeness (QED) is 0.444. The number of fused-ring (bicyclic) bond motifs is 2. The first kappa shape index (κ1) is 18.6. The number of ether oxygens (including phenoxy) is 2. The van der Waals surface area contributed by atoms with Gasteiger partial charge in [0.2, 0.25) is 5.60 Å². The molecule has 140 valence electrons. The molecule has 2 aliphatic rings. The molecule has 2 bridgehead atoms. The first-order valence-corrected chi connectivity index (χ1v) is 8.72. The minimum Gasteiger partial charge on any atom is -0.455 e. The third kappa shape index (κ3) is 2.26. The van der Waals surface area contributed by atoms with E-state index < -0.39 is 39.4 Å². The van der Waals surface area contributed by atoms with E-state index in [1.54, 1.807) is 13.8 Å². The van der Waals surface area contributed by atoms with E-state index in [0.29, 0.717) is 12.8 Å².